The van der Waals surface area contributed by atoms with E-state index in [1.165, 1.54) is 0 Å². The number of alkyl halides is 2. The van der Waals surface area contributed by atoms with E-state index in [-0.39, 0.29) is 5.91 Å². The molecule has 0 spiro atoms. The zero-order valence-electron chi connectivity index (χ0n) is 12.6. The summed E-state index contributed by atoms with van der Waals surface area (Å²) in [5, 5.41) is 2.84. The molecule has 1 unspecified atom stereocenters. The minimum absolute atomic E-state index is 0.190. The van der Waals surface area contributed by atoms with Crippen LogP contribution in [0.1, 0.15) is 19.0 Å². The Morgan fingerprint density at radius 3 is 2.74 bits per heavy atom. The van der Waals surface area contributed by atoms with Gasteiger partial charge in [-0.25, -0.2) is 0 Å². The third kappa shape index (κ3) is 3.43. The van der Waals surface area contributed by atoms with Crippen molar-refractivity contribution in [2.75, 3.05) is 5.32 Å². The number of nitrogens with zero attached hydrogens (tertiary/aromatic N) is 1. The van der Waals surface area contributed by atoms with Crippen LogP contribution in [-0.2, 0) is 11.4 Å². The van der Waals surface area contributed by atoms with Crippen molar-refractivity contribution in [1.82, 2.24) is 4.98 Å². The second kappa shape index (κ2) is 6.02. The number of carbonyl (C=O) groups excluding carboxylic acids is 1. The second-order valence-corrected chi connectivity index (χ2v) is 7.29. The highest BCUT2D eigenvalue weighted by Crippen LogP contribution is 2.64. The maximum Gasteiger partial charge on any atom is 0.233 e. The van der Waals surface area contributed by atoms with Crippen molar-refractivity contribution in [3.8, 4) is 5.75 Å². The summed E-state index contributed by atoms with van der Waals surface area (Å²) in [5.41, 5.74) is 0.730. The van der Waals surface area contributed by atoms with Crippen molar-refractivity contribution in [3.63, 3.8) is 0 Å². The summed E-state index contributed by atoms with van der Waals surface area (Å²) in [6.07, 6.45) is 2.17. The molecule has 4 nitrogen and oxygen atoms in total. The van der Waals surface area contributed by atoms with E-state index in [0.29, 0.717) is 24.5 Å². The van der Waals surface area contributed by atoms with Gasteiger partial charge in [-0.1, -0.05) is 12.1 Å². The van der Waals surface area contributed by atoms with Gasteiger partial charge in [-0.15, -0.1) is 23.2 Å². The van der Waals surface area contributed by atoms with Gasteiger partial charge in [0.1, 0.15) is 16.7 Å². The van der Waals surface area contributed by atoms with Crippen molar-refractivity contribution in [3.05, 3.63) is 54.4 Å². The van der Waals surface area contributed by atoms with Crippen LogP contribution in [0.3, 0.4) is 0 Å². The lowest BCUT2D eigenvalue weighted by Crippen LogP contribution is -2.25. The van der Waals surface area contributed by atoms with Gasteiger partial charge in [-0.05, 0) is 37.6 Å². The van der Waals surface area contributed by atoms with Crippen LogP contribution in [0.25, 0.3) is 0 Å². The number of hydrogen-bond donors (Lipinski definition) is 1. The Kier molecular flexibility index (Phi) is 4.21. The predicted molar refractivity (Wildman–Crippen MR) is 90.8 cm³/mol. The van der Waals surface area contributed by atoms with Crippen molar-refractivity contribution in [1.29, 1.82) is 0 Å². The Balaban J connectivity index is 1.63. The van der Waals surface area contributed by atoms with Crippen molar-refractivity contribution >= 4 is 34.8 Å². The van der Waals surface area contributed by atoms with Gasteiger partial charge in [0, 0.05) is 18.0 Å². The Labute approximate surface area is 144 Å². The minimum atomic E-state index is -0.982. The standard InChI is InChI=1S/C17H16Cl2N2O2/c1-16(11-17(16,18)19)15(22)21-12-6-4-7-14(9-12)23-10-13-5-2-3-8-20-13/h2-9H,10-11H2,1H3,(H,21,22). The number of amides is 1. The third-order valence-electron chi connectivity index (χ3n) is 3.96. The van der Waals surface area contributed by atoms with E-state index >= 15 is 0 Å². The number of aromatic nitrogens is 1. The maximum atomic E-state index is 12.3. The molecule has 23 heavy (non-hydrogen) atoms. The molecule has 3 rings (SSSR count). The summed E-state index contributed by atoms with van der Waals surface area (Å²) in [4.78, 5) is 16.5. The molecule has 2 aromatic rings. The van der Waals surface area contributed by atoms with Crippen LogP contribution in [-0.4, -0.2) is 15.2 Å². The van der Waals surface area contributed by atoms with Crippen LogP contribution in [0.15, 0.2) is 48.7 Å². The lowest BCUT2D eigenvalue weighted by atomic mass is 10.1. The summed E-state index contributed by atoms with van der Waals surface area (Å²) in [6, 6.07) is 12.8. The van der Waals surface area contributed by atoms with E-state index in [0.717, 1.165) is 5.69 Å². The Morgan fingerprint density at radius 2 is 2.09 bits per heavy atom. The fourth-order valence-corrected chi connectivity index (χ4v) is 2.93. The van der Waals surface area contributed by atoms with Gasteiger partial charge >= 0.3 is 0 Å². The molecule has 1 aromatic carbocycles. The molecule has 1 amide bonds. The fourth-order valence-electron chi connectivity index (χ4n) is 2.22. The molecule has 1 atom stereocenters. The van der Waals surface area contributed by atoms with Gasteiger partial charge in [-0.3, -0.25) is 9.78 Å². The molecule has 0 bridgehead atoms. The van der Waals surface area contributed by atoms with Gasteiger partial charge in [0.2, 0.25) is 5.91 Å². The second-order valence-electron chi connectivity index (χ2n) is 5.81. The molecule has 0 saturated heterocycles. The molecule has 1 N–H and O–H groups in total. The first-order valence-corrected chi connectivity index (χ1v) is 7.98. The molecule has 1 aliphatic carbocycles. The average molecular weight is 351 g/mol. The number of benzene rings is 1. The summed E-state index contributed by atoms with van der Waals surface area (Å²) < 4.78 is 4.71. The lowest BCUT2D eigenvalue weighted by molar-refractivity contribution is -0.120. The maximum absolute atomic E-state index is 12.3. The highest BCUT2D eigenvalue weighted by molar-refractivity contribution is 6.53. The van der Waals surface area contributed by atoms with Crippen LogP contribution < -0.4 is 10.1 Å². The summed E-state index contributed by atoms with van der Waals surface area (Å²) >= 11 is 12.1. The molecule has 0 radical (unpaired) electrons. The highest BCUT2D eigenvalue weighted by Gasteiger charge is 2.67. The van der Waals surface area contributed by atoms with Crippen LogP contribution in [0.4, 0.5) is 5.69 Å². The molecule has 1 aromatic heterocycles. The minimum Gasteiger partial charge on any atom is -0.487 e. The first kappa shape index (κ1) is 16.1. The van der Waals surface area contributed by atoms with E-state index in [4.69, 9.17) is 27.9 Å². The highest BCUT2D eigenvalue weighted by atomic mass is 35.5. The van der Waals surface area contributed by atoms with Crippen LogP contribution in [0, 0.1) is 5.41 Å². The quantitative estimate of drug-likeness (QED) is 0.822. The number of pyridine rings is 1. The van der Waals surface area contributed by atoms with Crippen LogP contribution >= 0.6 is 23.2 Å². The zero-order chi connectivity index (χ0) is 16.5. The van der Waals surface area contributed by atoms with Gasteiger partial charge in [0.25, 0.3) is 0 Å². The Morgan fingerprint density at radius 1 is 1.30 bits per heavy atom. The van der Waals surface area contributed by atoms with Gasteiger partial charge < -0.3 is 10.1 Å². The molecule has 6 heteroatoms. The normalized spacial score (nSPS) is 21.5. The smallest absolute Gasteiger partial charge is 0.233 e. The third-order valence-corrected chi connectivity index (χ3v) is 5.07. The lowest BCUT2D eigenvalue weighted by Gasteiger charge is -2.13. The summed E-state index contributed by atoms with van der Waals surface area (Å²) in [5.74, 6) is 0.460. The van der Waals surface area contributed by atoms with Gasteiger partial charge in [0.15, 0.2) is 0 Å². The average Bonchev–Trinajstić information content (AvgIpc) is 3.06. The number of rotatable bonds is 5. The number of carbonyl (C=O) groups is 1. The monoisotopic (exact) mass is 350 g/mol. The van der Waals surface area contributed by atoms with E-state index in [1.807, 2.05) is 30.3 Å². The molecular weight excluding hydrogens is 335 g/mol. The first-order chi connectivity index (χ1) is 10.9. The molecule has 0 aliphatic heterocycles. The van der Waals surface area contributed by atoms with Gasteiger partial charge in [-0.2, -0.15) is 0 Å². The number of hydrogen-bond acceptors (Lipinski definition) is 3. The molecule has 1 aliphatic rings. The van der Waals surface area contributed by atoms with Gasteiger partial charge in [0.05, 0.1) is 11.1 Å². The van der Waals surface area contributed by atoms with Crippen molar-refractivity contribution in [2.45, 2.75) is 24.3 Å². The zero-order valence-corrected chi connectivity index (χ0v) is 14.1. The van der Waals surface area contributed by atoms with E-state index < -0.39 is 9.75 Å². The van der Waals surface area contributed by atoms with Crippen LogP contribution in [0.2, 0.25) is 0 Å². The topological polar surface area (TPSA) is 51.2 Å². The Hall–Kier alpha value is -1.78. The van der Waals surface area contributed by atoms with E-state index in [1.54, 1.807) is 25.3 Å². The first-order valence-electron chi connectivity index (χ1n) is 7.23. The van der Waals surface area contributed by atoms with Crippen molar-refractivity contribution < 1.29 is 9.53 Å². The van der Waals surface area contributed by atoms with Crippen LogP contribution in [0.5, 0.6) is 5.75 Å². The number of halogens is 2. The fraction of sp³-hybridized carbons (Fsp3) is 0.294. The number of ether oxygens (including phenoxy) is 1. The molecule has 1 fully saturated rings. The molecule has 120 valence electrons. The summed E-state index contributed by atoms with van der Waals surface area (Å²) in [7, 11) is 0. The molecule has 1 saturated carbocycles. The number of anilines is 1. The van der Waals surface area contributed by atoms with E-state index in [2.05, 4.69) is 10.3 Å². The van der Waals surface area contributed by atoms with E-state index in [9.17, 15) is 4.79 Å². The molecule has 1 heterocycles. The van der Waals surface area contributed by atoms with Crippen molar-refractivity contribution in [2.24, 2.45) is 5.41 Å². The predicted octanol–water partition coefficient (Wildman–Crippen LogP) is 4.18. The SMILES string of the molecule is CC1(C(=O)Nc2cccc(OCc3ccccn3)c2)CC1(Cl)Cl. The largest absolute Gasteiger partial charge is 0.487 e. The molecular formula is C17H16Cl2N2O2. The Bertz CT molecular complexity index is 722. The summed E-state index contributed by atoms with van der Waals surface area (Å²) in [6.45, 7) is 2.12. The number of nitrogens with one attached hydrogen (secondary N) is 1.